The van der Waals surface area contributed by atoms with Crippen LogP contribution in [0.4, 0.5) is 0 Å². The molecule has 2 rings (SSSR count). The van der Waals surface area contributed by atoms with Crippen LogP contribution in [-0.4, -0.2) is 12.3 Å². The topological polar surface area (TPSA) is 12.4 Å². The second-order valence-corrected chi connectivity index (χ2v) is 6.51. The van der Waals surface area contributed by atoms with Gasteiger partial charge in [0.15, 0.2) is 0 Å². The zero-order chi connectivity index (χ0) is 12.3. The Balaban J connectivity index is 2.07. The van der Waals surface area contributed by atoms with E-state index in [1.807, 2.05) is 6.21 Å². The molecule has 2 aliphatic rings. The number of fused-ring (bicyclic) bond motifs is 1. The van der Waals surface area contributed by atoms with Gasteiger partial charge in [0.1, 0.15) is 0 Å². The Bertz CT molecular complexity index is 303. The Hall–Kier alpha value is -0.590. The van der Waals surface area contributed by atoms with Gasteiger partial charge in [0.25, 0.3) is 0 Å². The molecule has 1 aliphatic carbocycles. The molecule has 0 amide bonds. The van der Waals surface area contributed by atoms with Crippen LogP contribution in [0.25, 0.3) is 0 Å². The second kappa shape index (κ2) is 5.37. The molecule has 17 heavy (non-hydrogen) atoms. The molecule has 0 aromatic carbocycles. The predicted octanol–water partition coefficient (Wildman–Crippen LogP) is 4.63. The first kappa shape index (κ1) is 12.9. The second-order valence-electron chi connectivity index (χ2n) is 6.51. The van der Waals surface area contributed by atoms with E-state index in [1.165, 1.54) is 38.5 Å². The van der Waals surface area contributed by atoms with Crippen molar-refractivity contribution in [2.75, 3.05) is 0 Å². The Morgan fingerprint density at radius 1 is 1.18 bits per heavy atom. The van der Waals surface area contributed by atoms with Gasteiger partial charge in [-0.25, -0.2) is 0 Å². The van der Waals surface area contributed by atoms with E-state index in [1.54, 1.807) is 0 Å². The molecule has 96 valence electrons. The summed E-state index contributed by atoms with van der Waals surface area (Å²) in [6.07, 6.45) is 14.7. The molecule has 1 fully saturated rings. The van der Waals surface area contributed by atoms with E-state index in [0.717, 1.165) is 11.8 Å². The minimum atomic E-state index is 0.533. The van der Waals surface area contributed by atoms with Crippen LogP contribution in [0.3, 0.4) is 0 Å². The molecule has 0 aromatic rings. The minimum Gasteiger partial charge on any atom is -0.289 e. The molecule has 0 spiro atoms. The number of dihydropyridines is 1. The molecule has 0 bridgehead atoms. The van der Waals surface area contributed by atoms with Crippen LogP contribution in [0.2, 0.25) is 0 Å². The average molecular weight is 233 g/mol. The highest BCUT2D eigenvalue weighted by Gasteiger charge is 2.31. The fourth-order valence-electron chi connectivity index (χ4n) is 3.26. The standard InChI is InChI=1S/C16H27N/c1-13(2)16(3)10-5-4-7-14-8-6-12-17-15(14)9-11-16/h6,8,12-15H,4-5,7,9-11H2,1-3H3. The first-order valence-corrected chi connectivity index (χ1v) is 7.32. The summed E-state index contributed by atoms with van der Waals surface area (Å²) in [4.78, 5) is 4.71. The van der Waals surface area contributed by atoms with Crippen LogP contribution < -0.4 is 0 Å². The zero-order valence-electron chi connectivity index (χ0n) is 11.7. The molecule has 1 heterocycles. The Kier molecular flexibility index (Phi) is 4.06. The maximum Gasteiger partial charge on any atom is 0.0562 e. The molecule has 0 N–H and O–H groups in total. The fraction of sp³-hybridized carbons (Fsp3) is 0.812. The lowest BCUT2D eigenvalue weighted by atomic mass is 9.71. The third-order valence-electron chi connectivity index (χ3n) is 5.16. The highest BCUT2D eigenvalue weighted by Crippen LogP contribution is 2.41. The molecule has 0 radical (unpaired) electrons. The van der Waals surface area contributed by atoms with Crippen molar-refractivity contribution in [3.8, 4) is 0 Å². The van der Waals surface area contributed by atoms with Gasteiger partial charge in [-0.2, -0.15) is 0 Å². The van der Waals surface area contributed by atoms with E-state index >= 15 is 0 Å². The highest BCUT2D eigenvalue weighted by molar-refractivity contribution is 5.72. The van der Waals surface area contributed by atoms with Crippen molar-refractivity contribution in [1.29, 1.82) is 0 Å². The normalized spacial score (nSPS) is 38.4. The van der Waals surface area contributed by atoms with Crippen LogP contribution in [-0.2, 0) is 0 Å². The van der Waals surface area contributed by atoms with Gasteiger partial charge in [-0.3, -0.25) is 4.99 Å². The predicted molar refractivity (Wildman–Crippen MR) is 75.6 cm³/mol. The summed E-state index contributed by atoms with van der Waals surface area (Å²) in [7, 11) is 0. The summed E-state index contributed by atoms with van der Waals surface area (Å²) in [5.74, 6) is 1.51. The first-order valence-electron chi connectivity index (χ1n) is 7.32. The molecule has 1 aliphatic heterocycles. The van der Waals surface area contributed by atoms with Crippen molar-refractivity contribution >= 4 is 6.21 Å². The van der Waals surface area contributed by atoms with Crippen LogP contribution in [0.1, 0.15) is 59.3 Å². The summed E-state index contributed by atoms with van der Waals surface area (Å²) in [6, 6.07) is 0.566. The number of nitrogens with zero attached hydrogens (tertiary/aromatic N) is 1. The Morgan fingerprint density at radius 3 is 2.76 bits per heavy atom. The highest BCUT2D eigenvalue weighted by atomic mass is 14.8. The van der Waals surface area contributed by atoms with Crippen molar-refractivity contribution in [2.24, 2.45) is 22.2 Å². The lowest BCUT2D eigenvalue weighted by Gasteiger charge is -2.34. The molecule has 1 heteroatoms. The Morgan fingerprint density at radius 2 is 2.00 bits per heavy atom. The van der Waals surface area contributed by atoms with Crippen molar-refractivity contribution in [3.63, 3.8) is 0 Å². The van der Waals surface area contributed by atoms with Crippen molar-refractivity contribution in [2.45, 2.75) is 65.3 Å². The van der Waals surface area contributed by atoms with E-state index in [9.17, 15) is 0 Å². The SMILES string of the molecule is CC(C)C1(C)CCCCC2C=CC=NC2CC1. The third kappa shape index (κ3) is 3.00. The van der Waals surface area contributed by atoms with E-state index < -0.39 is 0 Å². The van der Waals surface area contributed by atoms with Gasteiger partial charge in [-0.05, 0) is 49.0 Å². The third-order valence-corrected chi connectivity index (χ3v) is 5.16. The summed E-state index contributed by atoms with van der Waals surface area (Å²) in [6.45, 7) is 7.26. The molecular formula is C16H27N. The molecule has 1 saturated carbocycles. The van der Waals surface area contributed by atoms with Gasteiger partial charge in [0.2, 0.25) is 0 Å². The summed E-state index contributed by atoms with van der Waals surface area (Å²) >= 11 is 0. The molecule has 0 aromatic heterocycles. The van der Waals surface area contributed by atoms with E-state index in [4.69, 9.17) is 4.99 Å². The van der Waals surface area contributed by atoms with Gasteiger partial charge in [-0.15, -0.1) is 0 Å². The lowest BCUT2D eigenvalue weighted by Crippen LogP contribution is -2.26. The average Bonchev–Trinajstić information content (AvgIpc) is 2.40. The van der Waals surface area contributed by atoms with Crippen LogP contribution in [0, 0.1) is 17.3 Å². The van der Waals surface area contributed by atoms with Gasteiger partial charge in [-0.1, -0.05) is 39.7 Å². The summed E-state index contributed by atoms with van der Waals surface area (Å²) < 4.78 is 0. The number of hydrogen-bond donors (Lipinski definition) is 0. The van der Waals surface area contributed by atoms with Gasteiger partial charge >= 0.3 is 0 Å². The van der Waals surface area contributed by atoms with Gasteiger partial charge in [0.05, 0.1) is 6.04 Å². The zero-order valence-corrected chi connectivity index (χ0v) is 11.7. The molecule has 0 saturated heterocycles. The van der Waals surface area contributed by atoms with Gasteiger partial charge in [0, 0.05) is 6.21 Å². The van der Waals surface area contributed by atoms with Crippen molar-refractivity contribution in [3.05, 3.63) is 12.2 Å². The molecule has 3 unspecified atom stereocenters. The van der Waals surface area contributed by atoms with Gasteiger partial charge < -0.3 is 0 Å². The summed E-state index contributed by atoms with van der Waals surface area (Å²) in [5, 5.41) is 0. The van der Waals surface area contributed by atoms with Crippen molar-refractivity contribution < 1.29 is 0 Å². The molecule has 1 nitrogen and oxygen atoms in total. The van der Waals surface area contributed by atoms with E-state index in [-0.39, 0.29) is 0 Å². The minimum absolute atomic E-state index is 0.533. The lowest BCUT2D eigenvalue weighted by molar-refractivity contribution is 0.170. The maximum absolute atomic E-state index is 4.71. The monoisotopic (exact) mass is 233 g/mol. The number of hydrogen-bond acceptors (Lipinski definition) is 1. The first-order chi connectivity index (χ1) is 8.12. The largest absolute Gasteiger partial charge is 0.289 e. The maximum atomic E-state index is 4.71. The molecular weight excluding hydrogens is 206 g/mol. The van der Waals surface area contributed by atoms with Crippen LogP contribution >= 0.6 is 0 Å². The van der Waals surface area contributed by atoms with Crippen LogP contribution in [0.15, 0.2) is 17.1 Å². The summed E-state index contributed by atoms with van der Waals surface area (Å²) in [5.41, 5.74) is 0.533. The van der Waals surface area contributed by atoms with E-state index in [0.29, 0.717) is 11.5 Å². The van der Waals surface area contributed by atoms with E-state index in [2.05, 4.69) is 32.9 Å². The Labute approximate surface area is 106 Å². The number of rotatable bonds is 1. The number of aliphatic imine (C=N–C) groups is 1. The smallest absolute Gasteiger partial charge is 0.0562 e. The van der Waals surface area contributed by atoms with Crippen LogP contribution in [0.5, 0.6) is 0 Å². The fourth-order valence-corrected chi connectivity index (χ4v) is 3.26. The quantitative estimate of drug-likeness (QED) is 0.626. The van der Waals surface area contributed by atoms with Crippen molar-refractivity contribution in [1.82, 2.24) is 0 Å². The molecule has 3 atom stereocenters. The number of allylic oxidation sites excluding steroid dienone is 1.